The van der Waals surface area contributed by atoms with Gasteiger partial charge >= 0.3 is 6.09 Å². The van der Waals surface area contributed by atoms with E-state index in [0.717, 1.165) is 5.56 Å². The third-order valence-corrected chi connectivity index (χ3v) is 8.78. The minimum Gasteiger partial charge on any atom is -0.444 e. The highest BCUT2D eigenvalue weighted by Gasteiger charge is 2.41. The molecule has 14 heteroatoms. The Kier molecular flexibility index (Phi) is 9.14. The molecule has 47 heavy (non-hydrogen) atoms. The summed E-state index contributed by atoms with van der Waals surface area (Å²) in [6, 6.07) is 2.20. The predicted molar refractivity (Wildman–Crippen MR) is 169 cm³/mol. The number of halogens is 1. The maximum atomic E-state index is 15.1. The van der Waals surface area contributed by atoms with E-state index < -0.39 is 59.7 Å². The van der Waals surface area contributed by atoms with Crippen LogP contribution in [0.5, 0.6) is 0 Å². The first-order valence-corrected chi connectivity index (χ1v) is 15.6. The molecule has 3 aromatic rings. The predicted octanol–water partition coefficient (Wildman–Crippen LogP) is 1.70. The van der Waals surface area contributed by atoms with Crippen LogP contribution in [-0.4, -0.2) is 68.1 Å². The lowest BCUT2D eigenvalue weighted by Crippen LogP contribution is -2.48. The Labute approximate surface area is 270 Å². The van der Waals surface area contributed by atoms with Gasteiger partial charge in [0.2, 0.25) is 5.91 Å². The summed E-state index contributed by atoms with van der Waals surface area (Å²) in [4.78, 5) is 56.4. The number of rotatable bonds is 9. The Bertz CT molecular complexity index is 1850. The van der Waals surface area contributed by atoms with Crippen molar-refractivity contribution >= 4 is 28.8 Å². The number of nitrogens with one attached hydrogen (secondary N) is 3. The second kappa shape index (κ2) is 12.7. The molecule has 252 valence electrons. The molecule has 1 aromatic carbocycles. The first-order chi connectivity index (χ1) is 22.1. The molecule has 3 heterocycles. The highest BCUT2D eigenvalue weighted by atomic mass is 19.1. The molecule has 0 bridgehead atoms. The molecular formula is C33H40FN5O8. The summed E-state index contributed by atoms with van der Waals surface area (Å²) in [5.74, 6) is -1.89. The maximum absolute atomic E-state index is 15.1. The minimum atomic E-state index is -2.25. The fraction of sp³-hybridized carbons (Fsp3) is 0.485. The van der Waals surface area contributed by atoms with Gasteiger partial charge in [0.15, 0.2) is 5.60 Å². The van der Waals surface area contributed by atoms with Crippen molar-refractivity contribution in [1.29, 1.82) is 0 Å². The molecule has 2 aromatic heterocycles. The lowest BCUT2D eigenvalue weighted by Gasteiger charge is -2.29. The largest absolute Gasteiger partial charge is 0.444 e. The van der Waals surface area contributed by atoms with Gasteiger partial charge in [-0.15, -0.1) is 0 Å². The molecule has 3 amide bonds. The number of carbonyl (C=O) groups excluding carboxylic acids is 3. The Morgan fingerprint density at radius 2 is 1.83 bits per heavy atom. The number of aliphatic hydroxyl groups is 3. The molecule has 1 aliphatic heterocycles. The number of aromatic nitrogens is 2. The van der Waals surface area contributed by atoms with Crippen molar-refractivity contribution in [3.05, 3.63) is 61.7 Å². The molecule has 0 spiro atoms. The van der Waals surface area contributed by atoms with Gasteiger partial charge in [-0.2, -0.15) is 0 Å². The molecule has 1 aliphatic carbocycles. The van der Waals surface area contributed by atoms with Gasteiger partial charge in [-0.3, -0.25) is 14.4 Å². The van der Waals surface area contributed by atoms with Crippen LogP contribution in [0.25, 0.3) is 22.3 Å². The zero-order valence-corrected chi connectivity index (χ0v) is 27.0. The summed E-state index contributed by atoms with van der Waals surface area (Å²) in [7, 11) is 0. The second-order valence-corrected chi connectivity index (χ2v) is 12.9. The number of benzene rings is 1. The SMILES string of the molecule is CC[C@@](O)(C(=O)NCCNC(=O)OC(C)(C)C)c1cc2n(c(=O)c1CO)Cc1c-2nc2cc(F)c(C)c3c2c1[C@@H](NC(=O)CO)CC3. The average Bonchev–Trinajstić information content (AvgIpc) is 3.39. The number of carbonyl (C=O) groups is 3. The van der Waals surface area contributed by atoms with Gasteiger partial charge < -0.3 is 40.6 Å². The Balaban J connectivity index is 1.58. The number of aryl methyl sites for hydroxylation is 1. The zero-order chi connectivity index (χ0) is 34.4. The summed E-state index contributed by atoms with van der Waals surface area (Å²) >= 11 is 0. The molecule has 0 saturated carbocycles. The molecule has 0 saturated heterocycles. The van der Waals surface area contributed by atoms with E-state index in [-0.39, 0.29) is 42.9 Å². The van der Waals surface area contributed by atoms with Gasteiger partial charge in [-0.1, -0.05) is 6.92 Å². The summed E-state index contributed by atoms with van der Waals surface area (Å²) in [6.07, 6.45) is 0.0398. The van der Waals surface area contributed by atoms with Crippen molar-refractivity contribution in [3.8, 4) is 11.4 Å². The summed E-state index contributed by atoms with van der Waals surface area (Å²) in [5, 5.41) is 40.2. The van der Waals surface area contributed by atoms with Gasteiger partial charge in [-0.05, 0) is 69.7 Å². The second-order valence-electron chi connectivity index (χ2n) is 12.9. The number of amides is 3. The molecule has 13 nitrogen and oxygen atoms in total. The Morgan fingerprint density at radius 1 is 1.13 bits per heavy atom. The lowest BCUT2D eigenvalue weighted by molar-refractivity contribution is -0.141. The molecule has 0 unspecified atom stereocenters. The van der Waals surface area contributed by atoms with Crippen molar-refractivity contribution in [3.63, 3.8) is 0 Å². The number of ether oxygens (including phenoxy) is 1. The highest BCUT2D eigenvalue weighted by Crippen LogP contribution is 2.45. The van der Waals surface area contributed by atoms with Crippen molar-refractivity contribution < 1.29 is 38.8 Å². The van der Waals surface area contributed by atoms with Crippen LogP contribution in [0.15, 0.2) is 16.9 Å². The average molecular weight is 654 g/mol. The number of aliphatic hydroxyl groups excluding tert-OH is 2. The van der Waals surface area contributed by atoms with Crippen molar-refractivity contribution in [2.24, 2.45) is 0 Å². The van der Waals surface area contributed by atoms with Crippen LogP contribution < -0.4 is 21.5 Å². The molecule has 2 atom stereocenters. The van der Waals surface area contributed by atoms with E-state index in [9.17, 15) is 34.5 Å². The summed E-state index contributed by atoms with van der Waals surface area (Å²) < 4.78 is 21.6. The lowest BCUT2D eigenvalue weighted by atomic mass is 9.81. The van der Waals surface area contributed by atoms with E-state index >= 15 is 4.39 Å². The standard InChI is InChI=1S/C33H40FN5O8/c1-6-33(46,30(44)35-9-10-36-31(45)47-32(3,4)5)20-11-24-28-18(13-39(24)29(43)19(20)14-40)27-22(37-25(42)15-41)8-7-17-16(2)21(34)12-23(38-28)26(17)27/h11-12,22,40-41,46H,6-10,13-15H2,1-5H3,(H,35,44)(H,36,45)(H,37,42)/t22-,33-/m0/s1. The highest BCUT2D eigenvalue weighted by molar-refractivity contribution is 5.94. The van der Waals surface area contributed by atoms with Crippen molar-refractivity contribution in [2.45, 2.75) is 84.3 Å². The number of alkyl carbamates (subject to hydrolysis) is 1. The summed E-state index contributed by atoms with van der Waals surface area (Å²) in [6.45, 7) is 6.83. The van der Waals surface area contributed by atoms with Gasteiger partial charge in [0.05, 0.1) is 36.1 Å². The van der Waals surface area contributed by atoms with E-state index in [1.165, 1.54) is 16.7 Å². The van der Waals surface area contributed by atoms with E-state index in [4.69, 9.17) is 9.72 Å². The first-order valence-electron chi connectivity index (χ1n) is 15.6. The van der Waals surface area contributed by atoms with Crippen LogP contribution in [0.4, 0.5) is 9.18 Å². The zero-order valence-electron chi connectivity index (χ0n) is 27.0. The third-order valence-electron chi connectivity index (χ3n) is 8.78. The number of fused-ring (bicyclic) bond motifs is 4. The van der Waals surface area contributed by atoms with Crippen LogP contribution >= 0.6 is 0 Å². The normalized spacial score (nSPS) is 16.2. The van der Waals surface area contributed by atoms with Crippen LogP contribution in [0, 0.1) is 12.7 Å². The van der Waals surface area contributed by atoms with Gasteiger partial charge in [0.25, 0.3) is 11.5 Å². The van der Waals surface area contributed by atoms with Crippen LogP contribution in [-0.2, 0) is 39.5 Å². The van der Waals surface area contributed by atoms with Gasteiger partial charge in [0.1, 0.15) is 18.0 Å². The number of hydrogen-bond acceptors (Lipinski definition) is 9. The topological polar surface area (TPSA) is 192 Å². The smallest absolute Gasteiger partial charge is 0.407 e. The van der Waals surface area contributed by atoms with E-state index in [1.54, 1.807) is 34.6 Å². The third kappa shape index (κ3) is 6.08. The number of nitrogens with zero attached hydrogens (tertiary/aromatic N) is 2. The molecule has 2 aliphatic rings. The van der Waals surface area contributed by atoms with Crippen molar-refractivity contribution in [1.82, 2.24) is 25.5 Å². The Morgan fingerprint density at radius 3 is 2.47 bits per heavy atom. The van der Waals surface area contributed by atoms with E-state index in [2.05, 4.69) is 16.0 Å². The van der Waals surface area contributed by atoms with Gasteiger partial charge in [-0.25, -0.2) is 14.2 Å². The number of pyridine rings is 2. The minimum absolute atomic E-state index is 0.000690. The molecular weight excluding hydrogens is 613 g/mol. The van der Waals surface area contributed by atoms with Gasteiger partial charge in [0, 0.05) is 41.2 Å². The van der Waals surface area contributed by atoms with E-state index in [0.29, 0.717) is 46.1 Å². The Hall–Kier alpha value is -4.40. The quantitative estimate of drug-likeness (QED) is 0.146. The molecule has 0 radical (unpaired) electrons. The number of hydrogen-bond donors (Lipinski definition) is 6. The fourth-order valence-corrected chi connectivity index (χ4v) is 6.52. The summed E-state index contributed by atoms with van der Waals surface area (Å²) in [5.41, 5.74) is -0.542. The van der Waals surface area contributed by atoms with E-state index in [1.807, 2.05) is 0 Å². The fourth-order valence-electron chi connectivity index (χ4n) is 6.52. The molecule has 0 fully saturated rings. The van der Waals surface area contributed by atoms with Crippen molar-refractivity contribution in [2.75, 3.05) is 19.7 Å². The molecule has 6 N–H and O–H groups in total. The molecule has 5 rings (SSSR count). The van der Waals surface area contributed by atoms with Crippen LogP contribution in [0.2, 0.25) is 0 Å². The maximum Gasteiger partial charge on any atom is 0.407 e. The van der Waals surface area contributed by atoms with Crippen LogP contribution in [0.1, 0.15) is 80.0 Å². The van der Waals surface area contributed by atoms with Crippen LogP contribution in [0.3, 0.4) is 0 Å². The monoisotopic (exact) mass is 653 g/mol. The first kappa shape index (κ1) is 33.9.